The molecule has 0 saturated carbocycles. The molecule has 0 N–H and O–H groups in total. The fourth-order valence-electron chi connectivity index (χ4n) is 0.321. The molecule has 0 fully saturated rings. The second-order valence-corrected chi connectivity index (χ2v) is 6.36. The van der Waals surface area contributed by atoms with Crippen molar-refractivity contribution in [1.82, 2.24) is 0 Å². The number of unbranched alkanes of at least 4 members (excludes halogenated alkanes) is 1. The Morgan fingerprint density at radius 2 is 2.00 bits per heavy atom. The van der Waals surface area contributed by atoms with Crippen LogP contribution >= 0.6 is 6.12 Å². The molecule has 0 amide bonds. The molecule has 2 nitrogen and oxygen atoms in total. The van der Waals surface area contributed by atoms with Gasteiger partial charge in [-0.25, -0.2) is 0 Å². The zero-order valence-electron chi connectivity index (χ0n) is 5.91. The average molecular weight is 250 g/mol. The SMILES string of the molecule is CCCCO[P+]([O-])([S-])[S-].[Zn+2]. The molecule has 0 aromatic carbocycles. The van der Waals surface area contributed by atoms with Crippen LogP contribution in [-0.4, -0.2) is 6.61 Å². The van der Waals surface area contributed by atoms with E-state index < -0.39 is 6.12 Å². The smallest absolute Gasteiger partial charge is 0.689 e. The molecule has 0 bridgehead atoms. The minimum Gasteiger partial charge on any atom is -0.689 e. The molecule has 6 heteroatoms. The third-order valence-electron chi connectivity index (χ3n) is 0.747. The van der Waals surface area contributed by atoms with Crippen LogP contribution in [0.3, 0.4) is 0 Å². The van der Waals surface area contributed by atoms with Crippen LogP contribution in [-0.2, 0) is 48.5 Å². The number of hydrogen-bond donors (Lipinski definition) is 0. The van der Waals surface area contributed by atoms with Crippen LogP contribution in [0.25, 0.3) is 0 Å². The van der Waals surface area contributed by atoms with Crippen LogP contribution in [0.2, 0.25) is 0 Å². The van der Waals surface area contributed by atoms with E-state index in [4.69, 9.17) is 0 Å². The first-order chi connectivity index (χ1) is 4.06. The fourth-order valence-corrected chi connectivity index (χ4v) is 1.12. The van der Waals surface area contributed by atoms with Crippen molar-refractivity contribution in [3.63, 3.8) is 0 Å². The molecule has 0 aliphatic carbocycles. The maximum atomic E-state index is 10.5. The third kappa shape index (κ3) is 12.4. The largest absolute Gasteiger partial charge is 2.00 e. The van der Waals surface area contributed by atoms with Gasteiger partial charge in [-0.3, -0.25) is 4.52 Å². The first-order valence-corrected chi connectivity index (χ1v) is 6.38. The normalized spacial score (nSPS) is 10.8. The van der Waals surface area contributed by atoms with Gasteiger partial charge in [0.15, 0.2) is 0 Å². The van der Waals surface area contributed by atoms with E-state index in [0.29, 0.717) is 6.61 Å². The van der Waals surface area contributed by atoms with Gasteiger partial charge in [0.2, 0.25) is 0 Å². The Hall–Kier alpha value is 1.67. The summed E-state index contributed by atoms with van der Waals surface area (Å²) in [7, 11) is 0. The molecule has 0 aromatic rings. The molecule has 0 unspecified atom stereocenters. The molecule has 10 heavy (non-hydrogen) atoms. The summed E-state index contributed by atoms with van der Waals surface area (Å²) in [5, 5.41) is 0. The molecule has 0 radical (unpaired) electrons. The summed E-state index contributed by atoms with van der Waals surface area (Å²) in [5.41, 5.74) is 0. The summed E-state index contributed by atoms with van der Waals surface area (Å²) in [6.45, 7) is 2.45. The number of hydrogen-bond acceptors (Lipinski definition) is 4. The molecule has 0 heterocycles. The Labute approximate surface area is 85.7 Å². The van der Waals surface area contributed by atoms with E-state index >= 15 is 0 Å². The number of rotatable bonds is 4. The van der Waals surface area contributed by atoms with E-state index in [9.17, 15) is 4.89 Å². The Kier molecular flexibility index (Phi) is 10.4. The average Bonchev–Trinajstić information content (AvgIpc) is 1.63. The van der Waals surface area contributed by atoms with Crippen molar-refractivity contribution < 1.29 is 28.9 Å². The maximum absolute atomic E-state index is 10.5. The van der Waals surface area contributed by atoms with Crippen LogP contribution in [0, 0.1) is 0 Å². The van der Waals surface area contributed by atoms with Gasteiger partial charge in [0.25, 0.3) is 0 Å². The Bertz CT molecular complexity index is 78.1. The molecule has 56 valence electrons. The molecule has 0 saturated heterocycles. The monoisotopic (exact) mass is 248 g/mol. The van der Waals surface area contributed by atoms with Crippen molar-refractivity contribution in [2.45, 2.75) is 19.8 Å². The summed E-state index contributed by atoms with van der Waals surface area (Å²) in [4.78, 5) is 10.5. The van der Waals surface area contributed by atoms with Gasteiger partial charge in [-0.05, 0) is 6.42 Å². The molecular weight excluding hydrogens is 241 g/mol. The van der Waals surface area contributed by atoms with E-state index in [-0.39, 0.29) is 19.5 Å². The zero-order valence-corrected chi connectivity index (χ0v) is 11.4. The fraction of sp³-hybridized carbons (Fsp3) is 1.00. The quantitative estimate of drug-likeness (QED) is 0.321. The van der Waals surface area contributed by atoms with Gasteiger partial charge in [0.1, 0.15) is 0 Å². The molecule has 0 aliphatic heterocycles. The summed E-state index contributed by atoms with van der Waals surface area (Å²) in [6, 6.07) is 0. The van der Waals surface area contributed by atoms with Crippen molar-refractivity contribution in [2.24, 2.45) is 0 Å². The van der Waals surface area contributed by atoms with E-state index in [0.717, 1.165) is 12.8 Å². The second-order valence-electron chi connectivity index (χ2n) is 1.63. The van der Waals surface area contributed by atoms with Gasteiger partial charge in [0.05, 0.1) is 6.61 Å². The van der Waals surface area contributed by atoms with Crippen molar-refractivity contribution in [3.8, 4) is 0 Å². The van der Waals surface area contributed by atoms with E-state index in [2.05, 4.69) is 29.0 Å². The maximum Gasteiger partial charge on any atom is 2.00 e. The topological polar surface area (TPSA) is 32.3 Å². The first-order valence-electron chi connectivity index (χ1n) is 2.73. The first kappa shape index (κ1) is 14.2. The molecule has 0 rings (SSSR count). The van der Waals surface area contributed by atoms with Gasteiger partial charge in [-0.2, -0.15) is 6.12 Å². The van der Waals surface area contributed by atoms with Gasteiger partial charge in [-0.15, -0.1) is 0 Å². The predicted octanol–water partition coefficient (Wildman–Crippen LogP) is 0.932. The minimum absolute atomic E-state index is 0. The van der Waals surface area contributed by atoms with E-state index in [1.807, 2.05) is 6.92 Å². The van der Waals surface area contributed by atoms with Gasteiger partial charge < -0.3 is 29.4 Å². The summed E-state index contributed by atoms with van der Waals surface area (Å²) < 4.78 is 4.65. The van der Waals surface area contributed by atoms with Crippen LogP contribution < -0.4 is 4.89 Å². The van der Waals surface area contributed by atoms with Crippen LogP contribution in [0.4, 0.5) is 0 Å². The van der Waals surface area contributed by atoms with Crippen molar-refractivity contribution in [3.05, 3.63) is 0 Å². The molecule has 0 atom stereocenters. The standard InChI is InChI=1S/C4H11O2PS2.Zn/c1-2-3-4-6-7(5,8)9;/h2-4H2,1H3,(H2,5,8,9);/q;+2/p-2. The van der Waals surface area contributed by atoms with Crippen molar-refractivity contribution in [2.75, 3.05) is 6.61 Å². The van der Waals surface area contributed by atoms with Crippen LogP contribution in [0.15, 0.2) is 0 Å². The van der Waals surface area contributed by atoms with E-state index in [1.54, 1.807) is 0 Å². The minimum atomic E-state index is -3.03. The van der Waals surface area contributed by atoms with Gasteiger partial charge >= 0.3 is 19.5 Å². The molecular formula is C4H9O2PS2Zn. The third-order valence-corrected chi connectivity index (χ3v) is 1.88. The second kappa shape index (κ2) is 7.33. The Balaban J connectivity index is 0. The Morgan fingerprint density at radius 1 is 1.50 bits per heavy atom. The molecule has 0 aliphatic rings. The molecule has 0 aromatic heterocycles. The summed E-state index contributed by atoms with van der Waals surface area (Å²) in [6.07, 6.45) is -1.15. The van der Waals surface area contributed by atoms with E-state index in [1.165, 1.54) is 0 Å². The van der Waals surface area contributed by atoms with Gasteiger partial charge in [0, 0.05) is 0 Å². The van der Waals surface area contributed by atoms with Crippen molar-refractivity contribution in [1.29, 1.82) is 0 Å². The van der Waals surface area contributed by atoms with Crippen LogP contribution in [0.5, 0.6) is 0 Å². The Morgan fingerprint density at radius 3 is 2.30 bits per heavy atom. The zero-order chi connectivity index (χ0) is 7.33. The summed E-state index contributed by atoms with van der Waals surface area (Å²) >= 11 is 8.69. The molecule has 0 spiro atoms. The predicted molar refractivity (Wildman–Crippen MR) is 42.5 cm³/mol. The van der Waals surface area contributed by atoms with Gasteiger partial charge in [-0.1, -0.05) is 13.3 Å². The van der Waals surface area contributed by atoms with Crippen LogP contribution in [0.1, 0.15) is 19.8 Å². The van der Waals surface area contributed by atoms with Crippen molar-refractivity contribution >= 4 is 30.6 Å². The summed E-state index contributed by atoms with van der Waals surface area (Å²) in [5.74, 6) is 0.